The summed E-state index contributed by atoms with van der Waals surface area (Å²) in [7, 11) is 0. The summed E-state index contributed by atoms with van der Waals surface area (Å²) >= 11 is 0. The molecule has 3 heterocycles. The molecule has 2 fully saturated rings. The minimum atomic E-state index is -5.08. The third-order valence-corrected chi connectivity index (χ3v) is 5.71. The second-order valence-corrected chi connectivity index (χ2v) is 8.14. The van der Waals surface area contributed by atoms with Crippen molar-refractivity contribution < 1.29 is 32.6 Å². The number of carbonyl (C=O) groups is 2. The Morgan fingerprint density at radius 2 is 1.91 bits per heavy atom. The van der Waals surface area contributed by atoms with Crippen molar-refractivity contribution in [3.63, 3.8) is 0 Å². The van der Waals surface area contributed by atoms with Gasteiger partial charge in [0, 0.05) is 43.7 Å². The van der Waals surface area contributed by atoms with Gasteiger partial charge in [-0.2, -0.15) is 13.2 Å². The Hall–Kier alpha value is -3.05. The van der Waals surface area contributed by atoms with E-state index < -0.39 is 12.1 Å². The predicted molar refractivity (Wildman–Crippen MR) is 112 cm³/mol. The summed E-state index contributed by atoms with van der Waals surface area (Å²) < 4.78 is 37.7. The Labute approximate surface area is 189 Å². The molecule has 2 aliphatic rings. The number of amides is 1. The molecule has 11 heteroatoms. The number of aliphatic carboxylic acids is 1. The van der Waals surface area contributed by atoms with Crippen molar-refractivity contribution in [3.05, 3.63) is 54.5 Å². The van der Waals surface area contributed by atoms with Crippen molar-refractivity contribution >= 4 is 17.7 Å². The van der Waals surface area contributed by atoms with E-state index in [0.717, 1.165) is 13.1 Å². The molecule has 0 bridgehead atoms. The fourth-order valence-electron chi connectivity index (χ4n) is 4.05. The number of halogens is 3. The van der Waals surface area contributed by atoms with Crippen LogP contribution < -0.4 is 4.90 Å². The first kappa shape index (κ1) is 24.6. The topological polar surface area (TPSA) is 95.9 Å². The number of hydrogen-bond acceptors (Lipinski definition) is 6. The first-order chi connectivity index (χ1) is 15.6. The van der Waals surface area contributed by atoms with Crippen LogP contribution in [0.4, 0.5) is 19.0 Å². The standard InChI is InChI=1S/C20H24N4O2.C2HF3O2/c1-16(17-5-3-2-4-6-17)23-9-10-26-14-20(12-23)11-19(25)24(13-20)18-7-8-21-15-22-18;3-2(4,5)1(6)7/h2-8,15-16H,9-14H2,1H3;(H,6,7). The van der Waals surface area contributed by atoms with Crippen LogP contribution in [-0.4, -0.2) is 70.9 Å². The highest BCUT2D eigenvalue weighted by Crippen LogP contribution is 2.38. The van der Waals surface area contributed by atoms with Gasteiger partial charge in [0.2, 0.25) is 5.91 Å². The van der Waals surface area contributed by atoms with Gasteiger partial charge in [0.25, 0.3) is 0 Å². The van der Waals surface area contributed by atoms with Gasteiger partial charge in [0.05, 0.1) is 13.2 Å². The highest BCUT2D eigenvalue weighted by molar-refractivity contribution is 5.95. The van der Waals surface area contributed by atoms with Crippen LogP contribution in [0.3, 0.4) is 0 Å². The van der Waals surface area contributed by atoms with Crippen LogP contribution in [0.2, 0.25) is 0 Å². The van der Waals surface area contributed by atoms with E-state index in [-0.39, 0.29) is 17.4 Å². The van der Waals surface area contributed by atoms with E-state index in [4.69, 9.17) is 14.6 Å². The van der Waals surface area contributed by atoms with Gasteiger partial charge in [-0.25, -0.2) is 14.8 Å². The third kappa shape index (κ3) is 6.26. The molecule has 0 radical (unpaired) electrons. The second kappa shape index (κ2) is 10.3. The van der Waals surface area contributed by atoms with Gasteiger partial charge in [0.1, 0.15) is 12.1 Å². The number of anilines is 1. The Morgan fingerprint density at radius 1 is 1.21 bits per heavy atom. The summed E-state index contributed by atoms with van der Waals surface area (Å²) in [5, 5.41) is 7.12. The van der Waals surface area contributed by atoms with Crippen LogP contribution in [0.5, 0.6) is 0 Å². The normalized spacial score (nSPS) is 22.4. The van der Waals surface area contributed by atoms with Gasteiger partial charge in [0.15, 0.2) is 0 Å². The molecular weight excluding hydrogens is 441 g/mol. The van der Waals surface area contributed by atoms with Crippen molar-refractivity contribution in [1.29, 1.82) is 0 Å². The van der Waals surface area contributed by atoms with Crippen molar-refractivity contribution in [2.75, 3.05) is 37.7 Å². The van der Waals surface area contributed by atoms with Gasteiger partial charge in [-0.05, 0) is 18.6 Å². The smallest absolute Gasteiger partial charge is 0.475 e. The van der Waals surface area contributed by atoms with E-state index >= 15 is 0 Å². The molecule has 0 aliphatic carbocycles. The van der Waals surface area contributed by atoms with Crippen LogP contribution in [0, 0.1) is 5.41 Å². The lowest BCUT2D eigenvalue weighted by Gasteiger charge is -2.34. The zero-order valence-corrected chi connectivity index (χ0v) is 18.0. The molecular formula is C22H25F3N4O4. The summed E-state index contributed by atoms with van der Waals surface area (Å²) in [5.41, 5.74) is 1.10. The molecule has 2 saturated heterocycles. The minimum Gasteiger partial charge on any atom is -0.475 e. The van der Waals surface area contributed by atoms with E-state index in [1.165, 1.54) is 11.9 Å². The number of alkyl halides is 3. The largest absolute Gasteiger partial charge is 0.490 e. The Kier molecular flexibility index (Phi) is 7.65. The highest BCUT2D eigenvalue weighted by Gasteiger charge is 2.47. The maximum Gasteiger partial charge on any atom is 0.490 e. The Morgan fingerprint density at radius 3 is 2.52 bits per heavy atom. The maximum atomic E-state index is 12.7. The number of nitrogens with zero attached hydrogens (tertiary/aromatic N) is 4. The van der Waals surface area contributed by atoms with Gasteiger partial charge >= 0.3 is 12.1 Å². The number of aromatic nitrogens is 2. The molecule has 4 rings (SSSR count). The molecule has 8 nitrogen and oxygen atoms in total. The predicted octanol–water partition coefficient (Wildman–Crippen LogP) is 2.93. The van der Waals surface area contributed by atoms with E-state index in [1.807, 2.05) is 6.07 Å². The number of ether oxygens (including phenoxy) is 1. The molecule has 0 saturated carbocycles. The fraction of sp³-hybridized carbons (Fsp3) is 0.455. The summed E-state index contributed by atoms with van der Waals surface area (Å²) in [5.74, 6) is -1.97. The van der Waals surface area contributed by atoms with Crippen molar-refractivity contribution in [2.24, 2.45) is 5.41 Å². The number of hydrogen-bond donors (Lipinski definition) is 1. The van der Waals surface area contributed by atoms with Crippen LogP contribution in [0.25, 0.3) is 0 Å². The number of carboxylic acids is 1. The molecule has 178 valence electrons. The molecule has 1 spiro atoms. The van der Waals surface area contributed by atoms with Gasteiger partial charge in [-0.15, -0.1) is 0 Å². The fourth-order valence-corrected chi connectivity index (χ4v) is 4.05. The van der Waals surface area contributed by atoms with Gasteiger partial charge in [-0.3, -0.25) is 14.6 Å². The zero-order valence-electron chi connectivity index (χ0n) is 18.0. The second-order valence-electron chi connectivity index (χ2n) is 8.14. The summed E-state index contributed by atoms with van der Waals surface area (Å²) in [6.45, 7) is 5.89. The van der Waals surface area contributed by atoms with E-state index in [1.54, 1.807) is 17.2 Å². The van der Waals surface area contributed by atoms with Crippen molar-refractivity contribution in [2.45, 2.75) is 25.6 Å². The van der Waals surface area contributed by atoms with Gasteiger partial charge in [-0.1, -0.05) is 30.3 Å². The van der Waals surface area contributed by atoms with E-state index in [2.05, 4.69) is 46.1 Å². The van der Waals surface area contributed by atoms with Crippen LogP contribution in [-0.2, 0) is 14.3 Å². The average Bonchev–Trinajstić information content (AvgIpc) is 2.98. The zero-order chi connectivity index (χ0) is 24.1. The molecule has 1 N–H and O–H groups in total. The van der Waals surface area contributed by atoms with E-state index in [9.17, 15) is 18.0 Å². The number of rotatable bonds is 3. The average molecular weight is 466 g/mol. The molecule has 1 aromatic carbocycles. The van der Waals surface area contributed by atoms with Crippen molar-refractivity contribution in [3.8, 4) is 0 Å². The lowest BCUT2D eigenvalue weighted by atomic mass is 9.86. The number of carboxylic acid groups (broad SMARTS) is 1. The van der Waals surface area contributed by atoms with Crippen LogP contribution in [0.1, 0.15) is 24.9 Å². The lowest BCUT2D eigenvalue weighted by Crippen LogP contribution is -2.41. The van der Waals surface area contributed by atoms with E-state index in [0.29, 0.717) is 32.0 Å². The molecule has 2 atom stereocenters. The minimum absolute atomic E-state index is 0.113. The van der Waals surface area contributed by atoms with Crippen LogP contribution >= 0.6 is 0 Å². The number of carbonyl (C=O) groups excluding carboxylic acids is 1. The quantitative estimate of drug-likeness (QED) is 0.743. The number of benzene rings is 1. The molecule has 2 unspecified atom stereocenters. The lowest BCUT2D eigenvalue weighted by molar-refractivity contribution is -0.192. The molecule has 2 aliphatic heterocycles. The third-order valence-electron chi connectivity index (χ3n) is 5.71. The highest BCUT2D eigenvalue weighted by atomic mass is 19.4. The SMILES string of the molecule is CC(c1ccccc1)N1CCOCC2(CC(=O)N(c3ccncn3)C2)C1.O=C(O)C(F)(F)F. The van der Waals surface area contributed by atoms with Crippen molar-refractivity contribution in [1.82, 2.24) is 14.9 Å². The summed E-state index contributed by atoms with van der Waals surface area (Å²) in [6.07, 6.45) is -1.43. The monoisotopic (exact) mass is 466 g/mol. The first-order valence-corrected chi connectivity index (χ1v) is 10.3. The first-order valence-electron chi connectivity index (χ1n) is 10.3. The van der Waals surface area contributed by atoms with Crippen LogP contribution in [0.15, 0.2) is 48.9 Å². The maximum absolute atomic E-state index is 12.7. The molecule has 33 heavy (non-hydrogen) atoms. The molecule has 2 aromatic rings. The summed E-state index contributed by atoms with van der Waals surface area (Å²) in [4.78, 5) is 34.0. The molecule has 1 amide bonds. The molecule has 1 aromatic heterocycles. The van der Waals surface area contributed by atoms with Gasteiger partial charge < -0.3 is 9.84 Å². The Balaban J connectivity index is 0.000000383. The Bertz CT molecular complexity index is 946. The summed E-state index contributed by atoms with van der Waals surface area (Å²) in [6, 6.07) is 12.6.